The molecule has 3 amide bonds. The van der Waals surface area contributed by atoms with Crippen LogP contribution < -0.4 is 16.0 Å². The van der Waals surface area contributed by atoms with Gasteiger partial charge in [-0.25, -0.2) is 9.18 Å². The fraction of sp³-hybridized carbons (Fsp3) is 0.263. The molecule has 0 aliphatic heterocycles. The number of hydrogen-bond acceptors (Lipinski definition) is 7. The number of amides is 3. The number of ether oxygens (including phenoxy) is 1. The number of carbonyl (C=O) groups excluding carboxylic acids is 4. The largest absolute Gasteiger partial charge is 0.462 e. The Hall–Kier alpha value is -4.74. The molecule has 1 aliphatic rings. The Balaban J connectivity index is 1.31. The van der Waals surface area contributed by atoms with E-state index >= 15 is 0 Å². The summed E-state index contributed by atoms with van der Waals surface area (Å²) in [4.78, 5) is 55.0. The molecule has 1 atom stereocenters. The van der Waals surface area contributed by atoms with Gasteiger partial charge < -0.3 is 20.7 Å². The molecule has 0 fully saturated rings. The molecule has 0 saturated carbocycles. The summed E-state index contributed by atoms with van der Waals surface area (Å²) in [5, 5.41) is 8.60. The average molecular weight is 700 g/mol. The van der Waals surface area contributed by atoms with Gasteiger partial charge in [-0.15, -0.1) is 23.1 Å². The Morgan fingerprint density at radius 1 is 0.918 bits per heavy atom. The fourth-order valence-electron chi connectivity index (χ4n) is 5.44. The molecular formula is C38H38FN3O5S2. The van der Waals surface area contributed by atoms with Crippen LogP contribution in [0.5, 0.6) is 0 Å². The number of anilines is 2. The van der Waals surface area contributed by atoms with Gasteiger partial charge in [0.1, 0.15) is 16.5 Å². The van der Waals surface area contributed by atoms with E-state index in [1.807, 2.05) is 13.0 Å². The van der Waals surface area contributed by atoms with Gasteiger partial charge in [0.25, 0.3) is 11.8 Å². The third-order valence-electron chi connectivity index (χ3n) is 7.88. The standard InChI is InChI=1S/C38H38FN3O5S2/c1-3-31(36(45)42-37-33(38(46)47-4-2)29-16-9-6-10-17-32(29)49-37)48-28-15-11-14-27(23-28)40-35(44)30(22-24-18-20-26(39)21-19-24)41-34(43)25-12-7-5-8-13-25/h5,7-8,11-15,18-23,31H,3-4,6,9-10,16-17H2,1-2H3,(H,40,44)(H,41,43)(H,42,45)/b30-22+. The summed E-state index contributed by atoms with van der Waals surface area (Å²) in [5.41, 5.74) is 2.79. The molecule has 0 bridgehead atoms. The lowest BCUT2D eigenvalue weighted by molar-refractivity contribution is -0.116. The van der Waals surface area contributed by atoms with E-state index in [1.165, 1.54) is 53.4 Å². The summed E-state index contributed by atoms with van der Waals surface area (Å²) in [6, 6.07) is 21.1. The minimum Gasteiger partial charge on any atom is -0.462 e. The fourth-order valence-corrected chi connectivity index (χ4v) is 7.74. The second-order valence-corrected chi connectivity index (χ2v) is 13.8. The Kier molecular flexibility index (Phi) is 12.4. The number of thiophene rings is 1. The molecule has 8 nitrogen and oxygen atoms in total. The van der Waals surface area contributed by atoms with Gasteiger partial charge in [0, 0.05) is 21.0 Å². The summed E-state index contributed by atoms with van der Waals surface area (Å²) >= 11 is 2.81. The molecule has 3 N–H and O–H groups in total. The third kappa shape index (κ3) is 9.45. The molecule has 1 unspecified atom stereocenters. The zero-order valence-corrected chi connectivity index (χ0v) is 29.0. The minimum atomic E-state index is -0.579. The predicted octanol–water partition coefficient (Wildman–Crippen LogP) is 8.25. The van der Waals surface area contributed by atoms with Crippen LogP contribution in [0, 0.1) is 5.82 Å². The van der Waals surface area contributed by atoms with E-state index in [0.29, 0.717) is 33.8 Å². The first-order chi connectivity index (χ1) is 23.7. The van der Waals surface area contributed by atoms with Gasteiger partial charge in [-0.3, -0.25) is 14.4 Å². The summed E-state index contributed by atoms with van der Waals surface area (Å²) in [6.07, 6.45) is 6.80. The van der Waals surface area contributed by atoms with Gasteiger partial charge in [-0.2, -0.15) is 0 Å². The van der Waals surface area contributed by atoms with Crippen molar-refractivity contribution >= 4 is 63.6 Å². The first-order valence-electron chi connectivity index (χ1n) is 16.3. The maximum Gasteiger partial charge on any atom is 0.341 e. The van der Waals surface area contributed by atoms with E-state index in [4.69, 9.17) is 4.74 Å². The zero-order valence-electron chi connectivity index (χ0n) is 27.3. The van der Waals surface area contributed by atoms with Crippen molar-refractivity contribution in [3.05, 3.63) is 118 Å². The van der Waals surface area contributed by atoms with Crippen molar-refractivity contribution in [2.75, 3.05) is 17.2 Å². The number of rotatable bonds is 12. The van der Waals surface area contributed by atoms with Crippen LogP contribution in [0.15, 0.2) is 89.5 Å². The Morgan fingerprint density at radius 2 is 1.67 bits per heavy atom. The molecule has 0 radical (unpaired) electrons. The molecule has 1 aliphatic carbocycles. The molecule has 1 aromatic heterocycles. The van der Waals surface area contributed by atoms with Crippen LogP contribution in [0.1, 0.15) is 76.3 Å². The maximum absolute atomic E-state index is 13.6. The third-order valence-corrected chi connectivity index (χ3v) is 10.4. The van der Waals surface area contributed by atoms with Crippen LogP contribution in [-0.2, 0) is 27.2 Å². The van der Waals surface area contributed by atoms with Gasteiger partial charge in [0.2, 0.25) is 5.91 Å². The van der Waals surface area contributed by atoms with E-state index in [2.05, 4.69) is 16.0 Å². The zero-order chi connectivity index (χ0) is 34.8. The van der Waals surface area contributed by atoms with Crippen molar-refractivity contribution in [3.8, 4) is 0 Å². The SMILES string of the molecule is CCOC(=O)c1c(NC(=O)C(CC)Sc2cccc(NC(=O)/C(=C\c3ccc(F)cc3)NC(=O)c3ccccc3)c2)sc2c1CCCCC2. The van der Waals surface area contributed by atoms with Crippen molar-refractivity contribution < 1.29 is 28.3 Å². The number of aryl methyl sites for hydroxylation is 1. The maximum atomic E-state index is 13.6. The second kappa shape index (κ2) is 17.1. The van der Waals surface area contributed by atoms with Gasteiger partial charge in [-0.1, -0.05) is 49.7 Å². The van der Waals surface area contributed by atoms with Crippen LogP contribution in [0.2, 0.25) is 0 Å². The Morgan fingerprint density at radius 3 is 2.41 bits per heavy atom. The van der Waals surface area contributed by atoms with E-state index in [0.717, 1.165) is 47.4 Å². The molecule has 3 aromatic carbocycles. The van der Waals surface area contributed by atoms with Crippen molar-refractivity contribution in [3.63, 3.8) is 0 Å². The Bertz CT molecular complexity index is 1840. The summed E-state index contributed by atoms with van der Waals surface area (Å²) in [7, 11) is 0. The summed E-state index contributed by atoms with van der Waals surface area (Å²) in [5.74, 6) is -2.11. The van der Waals surface area contributed by atoms with Crippen LogP contribution in [0.4, 0.5) is 15.1 Å². The van der Waals surface area contributed by atoms with Gasteiger partial charge in [-0.05, 0) is 98.7 Å². The van der Waals surface area contributed by atoms with Crippen LogP contribution in [-0.4, -0.2) is 35.5 Å². The molecule has 5 rings (SSSR count). The van der Waals surface area contributed by atoms with Crippen LogP contribution in [0.3, 0.4) is 0 Å². The number of benzene rings is 3. The molecular weight excluding hydrogens is 662 g/mol. The highest BCUT2D eigenvalue weighted by Crippen LogP contribution is 2.39. The van der Waals surface area contributed by atoms with Crippen LogP contribution >= 0.6 is 23.1 Å². The van der Waals surface area contributed by atoms with Gasteiger partial charge in [0.05, 0.1) is 17.4 Å². The minimum absolute atomic E-state index is 0.0314. The molecule has 1 heterocycles. The first kappa shape index (κ1) is 35.6. The molecule has 0 saturated heterocycles. The van der Waals surface area contributed by atoms with Crippen LogP contribution in [0.25, 0.3) is 6.08 Å². The van der Waals surface area contributed by atoms with Gasteiger partial charge >= 0.3 is 5.97 Å². The highest BCUT2D eigenvalue weighted by atomic mass is 32.2. The smallest absolute Gasteiger partial charge is 0.341 e. The average Bonchev–Trinajstić information content (AvgIpc) is 3.27. The normalized spacial score (nSPS) is 13.4. The number of carbonyl (C=O) groups is 4. The lowest BCUT2D eigenvalue weighted by Crippen LogP contribution is -2.30. The topological polar surface area (TPSA) is 114 Å². The lowest BCUT2D eigenvalue weighted by Gasteiger charge is -2.16. The molecule has 49 heavy (non-hydrogen) atoms. The number of hydrogen-bond donors (Lipinski definition) is 3. The van der Waals surface area contributed by atoms with E-state index in [9.17, 15) is 23.6 Å². The number of nitrogens with one attached hydrogen (secondary N) is 3. The van der Waals surface area contributed by atoms with Crippen molar-refractivity contribution in [2.45, 2.75) is 62.5 Å². The Labute approximate surface area is 293 Å². The lowest BCUT2D eigenvalue weighted by atomic mass is 10.1. The monoisotopic (exact) mass is 699 g/mol. The van der Waals surface area contributed by atoms with Gasteiger partial charge in [0.15, 0.2) is 0 Å². The van der Waals surface area contributed by atoms with Crippen molar-refractivity contribution in [1.82, 2.24) is 5.32 Å². The van der Waals surface area contributed by atoms with E-state index < -0.39 is 28.9 Å². The first-order valence-corrected chi connectivity index (χ1v) is 18.0. The summed E-state index contributed by atoms with van der Waals surface area (Å²) < 4.78 is 18.9. The van der Waals surface area contributed by atoms with Crippen molar-refractivity contribution in [2.24, 2.45) is 0 Å². The number of esters is 1. The summed E-state index contributed by atoms with van der Waals surface area (Å²) in [6.45, 7) is 3.94. The molecule has 4 aromatic rings. The quantitative estimate of drug-likeness (QED) is 0.0594. The van der Waals surface area contributed by atoms with Crippen molar-refractivity contribution in [1.29, 1.82) is 0 Å². The van der Waals surface area contributed by atoms with E-state index in [1.54, 1.807) is 55.5 Å². The highest BCUT2D eigenvalue weighted by Gasteiger charge is 2.28. The number of fused-ring (bicyclic) bond motifs is 1. The highest BCUT2D eigenvalue weighted by molar-refractivity contribution is 8.00. The molecule has 254 valence electrons. The molecule has 0 spiro atoms. The predicted molar refractivity (Wildman–Crippen MR) is 193 cm³/mol. The number of thioether (sulfide) groups is 1. The second-order valence-electron chi connectivity index (χ2n) is 11.4. The van der Waals surface area contributed by atoms with E-state index in [-0.39, 0.29) is 18.2 Å². The number of halogens is 1. The molecule has 11 heteroatoms.